The van der Waals surface area contributed by atoms with Gasteiger partial charge in [0.05, 0.1) is 12.0 Å². The summed E-state index contributed by atoms with van der Waals surface area (Å²) in [5.74, 6) is 0.590. The van der Waals surface area contributed by atoms with E-state index in [-0.39, 0.29) is 11.4 Å². The van der Waals surface area contributed by atoms with Gasteiger partial charge in [-0.3, -0.25) is 4.79 Å². The van der Waals surface area contributed by atoms with Gasteiger partial charge in [0.15, 0.2) is 0 Å². The Morgan fingerprint density at radius 3 is 2.53 bits per heavy atom. The lowest BCUT2D eigenvalue weighted by Crippen LogP contribution is -2.39. The zero-order valence-electron chi connectivity index (χ0n) is 8.50. The van der Waals surface area contributed by atoms with Gasteiger partial charge in [-0.2, -0.15) is 0 Å². The van der Waals surface area contributed by atoms with Gasteiger partial charge in [-0.1, -0.05) is 30.3 Å². The maximum Gasteiger partial charge on any atom is 0.224 e. The van der Waals surface area contributed by atoms with Crippen LogP contribution in [-0.4, -0.2) is 17.3 Å². The SMILES string of the molecule is O=C(Cc1ccccc1)NC1(CCl)CC1. The molecule has 0 radical (unpaired) electrons. The van der Waals surface area contributed by atoms with Crippen LogP contribution in [0.15, 0.2) is 30.3 Å². The smallest absolute Gasteiger partial charge is 0.224 e. The minimum absolute atomic E-state index is 0.0688. The highest BCUT2D eigenvalue weighted by Gasteiger charge is 2.42. The summed E-state index contributed by atoms with van der Waals surface area (Å²) in [5, 5.41) is 2.99. The minimum Gasteiger partial charge on any atom is -0.349 e. The van der Waals surface area contributed by atoms with Crippen LogP contribution in [0, 0.1) is 0 Å². The first-order valence-electron chi connectivity index (χ1n) is 5.15. The fraction of sp³-hybridized carbons (Fsp3) is 0.417. The average molecular weight is 224 g/mol. The van der Waals surface area contributed by atoms with Gasteiger partial charge in [-0.15, -0.1) is 11.6 Å². The molecule has 0 aliphatic heterocycles. The molecule has 1 aromatic rings. The summed E-state index contributed by atoms with van der Waals surface area (Å²) in [4.78, 5) is 11.7. The number of benzene rings is 1. The number of hydrogen-bond acceptors (Lipinski definition) is 1. The van der Waals surface area contributed by atoms with Gasteiger partial charge in [0.2, 0.25) is 5.91 Å². The third-order valence-electron chi connectivity index (χ3n) is 2.72. The van der Waals surface area contributed by atoms with E-state index >= 15 is 0 Å². The van der Waals surface area contributed by atoms with Gasteiger partial charge in [0, 0.05) is 5.88 Å². The fourth-order valence-corrected chi connectivity index (χ4v) is 1.90. The minimum atomic E-state index is -0.0899. The molecule has 1 amide bonds. The Morgan fingerprint density at radius 2 is 2.00 bits per heavy atom. The maximum absolute atomic E-state index is 11.7. The number of carbonyl (C=O) groups excluding carboxylic acids is 1. The molecule has 0 aromatic heterocycles. The second-order valence-corrected chi connectivity index (χ2v) is 4.39. The van der Waals surface area contributed by atoms with Crippen molar-refractivity contribution in [2.45, 2.75) is 24.8 Å². The molecule has 1 saturated carbocycles. The predicted molar refractivity (Wildman–Crippen MR) is 61.0 cm³/mol. The van der Waals surface area contributed by atoms with Crippen molar-refractivity contribution in [1.82, 2.24) is 5.32 Å². The Bertz CT molecular complexity index is 346. The van der Waals surface area contributed by atoms with E-state index in [0.29, 0.717) is 12.3 Å². The zero-order valence-corrected chi connectivity index (χ0v) is 9.26. The standard InChI is InChI=1S/C12H14ClNO/c13-9-12(6-7-12)14-11(15)8-10-4-2-1-3-5-10/h1-5H,6-9H2,(H,14,15). The van der Waals surface area contributed by atoms with Crippen LogP contribution in [0.1, 0.15) is 18.4 Å². The molecular formula is C12H14ClNO. The van der Waals surface area contributed by atoms with Gasteiger partial charge in [0.25, 0.3) is 0 Å². The monoisotopic (exact) mass is 223 g/mol. The summed E-state index contributed by atoms with van der Waals surface area (Å²) in [6.07, 6.45) is 2.47. The summed E-state index contributed by atoms with van der Waals surface area (Å²) < 4.78 is 0. The van der Waals surface area contributed by atoms with Crippen molar-refractivity contribution in [1.29, 1.82) is 0 Å². The van der Waals surface area contributed by atoms with Crippen LogP contribution in [0.25, 0.3) is 0 Å². The number of rotatable bonds is 4. The van der Waals surface area contributed by atoms with Crippen LogP contribution in [0.2, 0.25) is 0 Å². The van der Waals surface area contributed by atoms with Crippen molar-refractivity contribution < 1.29 is 4.79 Å². The molecular weight excluding hydrogens is 210 g/mol. The van der Waals surface area contributed by atoms with Crippen LogP contribution in [0.5, 0.6) is 0 Å². The van der Waals surface area contributed by atoms with E-state index < -0.39 is 0 Å². The van der Waals surface area contributed by atoms with Crippen molar-refractivity contribution in [3.8, 4) is 0 Å². The normalized spacial score (nSPS) is 17.1. The molecule has 80 valence electrons. The molecule has 1 N–H and O–H groups in total. The molecule has 2 rings (SSSR count). The lowest BCUT2D eigenvalue weighted by Gasteiger charge is -2.13. The van der Waals surface area contributed by atoms with Crippen molar-refractivity contribution in [3.05, 3.63) is 35.9 Å². The van der Waals surface area contributed by atoms with E-state index in [9.17, 15) is 4.79 Å². The highest BCUT2D eigenvalue weighted by molar-refractivity contribution is 6.19. The molecule has 2 nitrogen and oxygen atoms in total. The number of hydrogen-bond donors (Lipinski definition) is 1. The van der Waals surface area contributed by atoms with Crippen molar-refractivity contribution in [2.24, 2.45) is 0 Å². The molecule has 1 fully saturated rings. The largest absolute Gasteiger partial charge is 0.349 e. The second kappa shape index (κ2) is 4.23. The zero-order chi connectivity index (χ0) is 10.7. The van der Waals surface area contributed by atoms with Gasteiger partial charge in [-0.25, -0.2) is 0 Å². The highest BCUT2D eigenvalue weighted by Crippen LogP contribution is 2.36. The quantitative estimate of drug-likeness (QED) is 0.779. The van der Waals surface area contributed by atoms with Crippen LogP contribution in [0.4, 0.5) is 0 Å². The molecule has 1 aliphatic carbocycles. The first-order valence-corrected chi connectivity index (χ1v) is 5.68. The van der Waals surface area contributed by atoms with Gasteiger partial charge >= 0.3 is 0 Å². The van der Waals surface area contributed by atoms with Crippen LogP contribution in [-0.2, 0) is 11.2 Å². The van der Waals surface area contributed by atoms with E-state index in [2.05, 4.69) is 5.32 Å². The Balaban J connectivity index is 1.88. The third-order valence-corrected chi connectivity index (χ3v) is 3.23. The summed E-state index contributed by atoms with van der Waals surface area (Å²) in [6, 6.07) is 9.75. The van der Waals surface area contributed by atoms with Crippen LogP contribution in [0.3, 0.4) is 0 Å². The molecule has 1 aliphatic rings. The summed E-state index contributed by atoms with van der Waals surface area (Å²) in [7, 11) is 0. The number of alkyl halides is 1. The van der Waals surface area contributed by atoms with E-state index in [1.807, 2.05) is 30.3 Å². The summed E-state index contributed by atoms with van der Waals surface area (Å²) >= 11 is 5.79. The van der Waals surface area contributed by atoms with E-state index in [4.69, 9.17) is 11.6 Å². The fourth-order valence-electron chi connectivity index (χ4n) is 1.56. The Morgan fingerprint density at radius 1 is 1.33 bits per heavy atom. The Kier molecular flexibility index (Phi) is 2.96. The van der Waals surface area contributed by atoms with E-state index in [1.165, 1.54) is 0 Å². The van der Waals surface area contributed by atoms with Crippen LogP contribution >= 0.6 is 11.6 Å². The molecule has 1 aromatic carbocycles. The molecule has 0 spiro atoms. The molecule has 15 heavy (non-hydrogen) atoms. The number of amides is 1. The Labute approximate surface area is 94.6 Å². The van der Waals surface area contributed by atoms with Crippen LogP contribution < -0.4 is 5.32 Å². The molecule has 0 unspecified atom stereocenters. The van der Waals surface area contributed by atoms with Gasteiger partial charge in [-0.05, 0) is 18.4 Å². The van der Waals surface area contributed by atoms with Crippen molar-refractivity contribution in [2.75, 3.05) is 5.88 Å². The topological polar surface area (TPSA) is 29.1 Å². The Hall–Kier alpha value is -1.02. The first kappa shape index (κ1) is 10.5. The lowest BCUT2D eigenvalue weighted by molar-refractivity contribution is -0.121. The summed E-state index contributed by atoms with van der Waals surface area (Å²) in [5.41, 5.74) is 0.952. The lowest BCUT2D eigenvalue weighted by atomic mass is 10.1. The number of nitrogens with one attached hydrogen (secondary N) is 1. The molecule has 0 saturated heterocycles. The highest BCUT2D eigenvalue weighted by atomic mass is 35.5. The van der Waals surface area contributed by atoms with E-state index in [0.717, 1.165) is 18.4 Å². The molecule has 0 bridgehead atoms. The number of halogens is 1. The van der Waals surface area contributed by atoms with Gasteiger partial charge in [0.1, 0.15) is 0 Å². The van der Waals surface area contributed by atoms with E-state index in [1.54, 1.807) is 0 Å². The second-order valence-electron chi connectivity index (χ2n) is 4.12. The molecule has 0 atom stereocenters. The van der Waals surface area contributed by atoms with Crippen molar-refractivity contribution >= 4 is 17.5 Å². The number of carbonyl (C=O) groups is 1. The molecule has 0 heterocycles. The first-order chi connectivity index (χ1) is 7.24. The predicted octanol–water partition coefficient (Wildman–Crippen LogP) is 2.12. The summed E-state index contributed by atoms with van der Waals surface area (Å²) in [6.45, 7) is 0. The van der Waals surface area contributed by atoms with Gasteiger partial charge < -0.3 is 5.32 Å². The third kappa shape index (κ3) is 2.72. The molecule has 3 heteroatoms. The average Bonchev–Trinajstić information content (AvgIpc) is 3.00. The maximum atomic E-state index is 11.7. The van der Waals surface area contributed by atoms with Crippen molar-refractivity contribution in [3.63, 3.8) is 0 Å².